The minimum absolute atomic E-state index is 0.0700. The van der Waals surface area contributed by atoms with Crippen LogP contribution in [-0.2, 0) is 6.42 Å². The number of amides is 1. The van der Waals surface area contributed by atoms with Crippen LogP contribution in [0.2, 0.25) is 0 Å². The molecular weight excluding hydrogens is 318 g/mol. The largest absolute Gasteiger partial charge is 0.493 e. The Morgan fingerprint density at radius 2 is 2.08 bits per heavy atom. The summed E-state index contributed by atoms with van der Waals surface area (Å²) in [6.45, 7) is 0.632. The molecule has 0 saturated heterocycles. The van der Waals surface area contributed by atoms with Crippen molar-refractivity contribution < 1.29 is 9.53 Å². The van der Waals surface area contributed by atoms with E-state index in [2.05, 4.69) is 25.6 Å². The van der Waals surface area contributed by atoms with E-state index in [1.54, 1.807) is 19.4 Å². The third kappa shape index (κ3) is 2.91. The van der Waals surface area contributed by atoms with Crippen LogP contribution < -0.4 is 15.4 Å². The number of rotatable bonds is 4. The molecule has 0 atom stereocenters. The number of benzene rings is 1. The van der Waals surface area contributed by atoms with Gasteiger partial charge in [0.25, 0.3) is 5.91 Å². The number of hydrogen-bond donors (Lipinski definition) is 3. The van der Waals surface area contributed by atoms with Crippen molar-refractivity contribution in [3.8, 4) is 17.1 Å². The second-order valence-corrected chi connectivity index (χ2v) is 5.68. The quantitative estimate of drug-likeness (QED) is 0.681. The van der Waals surface area contributed by atoms with E-state index in [9.17, 15) is 4.79 Å². The van der Waals surface area contributed by atoms with Crippen molar-refractivity contribution in [3.05, 3.63) is 53.9 Å². The zero-order valence-electron chi connectivity index (χ0n) is 13.7. The maximum absolute atomic E-state index is 12.0. The molecule has 0 aliphatic carbocycles. The Kier molecular flexibility index (Phi) is 3.81. The number of anilines is 2. The fourth-order valence-electron chi connectivity index (χ4n) is 2.84. The summed E-state index contributed by atoms with van der Waals surface area (Å²) in [6.07, 6.45) is 2.39. The molecule has 25 heavy (non-hydrogen) atoms. The Morgan fingerprint density at radius 1 is 1.24 bits per heavy atom. The highest BCUT2D eigenvalue weighted by molar-refractivity contribution is 5.97. The number of para-hydroxylation sites is 1. The van der Waals surface area contributed by atoms with Crippen LogP contribution in [0.1, 0.15) is 16.1 Å². The first-order valence-corrected chi connectivity index (χ1v) is 7.98. The van der Waals surface area contributed by atoms with Crippen LogP contribution in [0.15, 0.2) is 42.6 Å². The standard InChI is InChI=1S/C18H17N5O2/c1-25-15-10-20-18(21-11-5-3-2-4-6-11)23-16(15)14-9-12-13(22-14)7-8-19-17(12)24/h2-6,9-10,22H,7-8H2,1H3,(H,19,24)(H,20,21,23). The van der Waals surface area contributed by atoms with E-state index in [4.69, 9.17) is 4.74 Å². The fourth-order valence-corrected chi connectivity index (χ4v) is 2.84. The van der Waals surface area contributed by atoms with Gasteiger partial charge in [-0.2, -0.15) is 0 Å². The molecule has 0 unspecified atom stereocenters. The summed E-state index contributed by atoms with van der Waals surface area (Å²) in [6, 6.07) is 11.5. The highest BCUT2D eigenvalue weighted by Gasteiger charge is 2.22. The van der Waals surface area contributed by atoms with Crippen molar-refractivity contribution in [3.63, 3.8) is 0 Å². The van der Waals surface area contributed by atoms with E-state index < -0.39 is 0 Å². The molecule has 2 aromatic heterocycles. The Morgan fingerprint density at radius 3 is 2.84 bits per heavy atom. The predicted octanol–water partition coefficient (Wildman–Crippen LogP) is 2.51. The number of aromatic amines is 1. The van der Waals surface area contributed by atoms with Gasteiger partial charge in [0, 0.05) is 24.3 Å². The first-order valence-electron chi connectivity index (χ1n) is 7.98. The molecule has 3 heterocycles. The second-order valence-electron chi connectivity index (χ2n) is 5.68. The molecule has 1 aliphatic rings. The van der Waals surface area contributed by atoms with Gasteiger partial charge in [-0.05, 0) is 18.2 Å². The molecule has 0 bridgehead atoms. The van der Waals surface area contributed by atoms with Crippen LogP contribution in [0.3, 0.4) is 0 Å². The Hall–Kier alpha value is -3.35. The normalized spacial score (nSPS) is 13.1. The van der Waals surface area contributed by atoms with Crippen molar-refractivity contribution >= 4 is 17.5 Å². The van der Waals surface area contributed by atoms with E-state index in [1.165, 1.54) is 0 Å². The minimum atomic E-state index is -0.0700. The zero-order chi connectivity index (χ0) is 17.2. The topological polar surface area (TPSA) is 91.9 Å². The van der Waals surface area contributed by atoms with Crippen LogP contribution in [-0.4, -0.2) is 34.5 Å². The SMILES string of the molecule is COc1cnc(Nc2ccccc2)nc1-c1cc2c([nH]1)CCNC2=O. The molecule has 4 rings (SSSR count). The van der Waals surface area contributed by atoms with Gasteiger partial charge in [-0.25, -0.2) is 9.97 Å². The molecule has 0 radical (unpaired) electrons. The van der Waals surface area contributed by atoms with Crippen molar-refractivity contribution in [1.82, 2.24) is 20.3 Å². The molecule has 0 fully saturated rings. The Bertz CT molecular complexity index is 920. The predicted molar refractivity (Wildman–Crippen MR) is 94.1 cm³/mol. The number of carbonyl (C=O) groups excluding carboxylic acids is 1. The third-order valence-electron chi connectivity index (χ3n) is 4.06. The summed E-state index contributed by atoms with van der Waals surface area (Å²) >= 11 is 0. The smallest absolute Gasteiger partial charge is 0.253 e. The number of nitrogens with one attached hydrogen (secondary N) is 3. The van der Waals surface area contributed by atoms with Gasteiger partial charge >= 0.3 is 0 Å². The number of methoxy groups -OCH3 is 1. The number of aromatic nitrogens is 3. The summed E-state index contributed by atoms with van der Waals surface area (Å²) in [5.41, 5.74) is 3.80. The molecule has 1 aromatic carbocycles. The van der Waals surface area contributed by atoms with Crippen LogP contribution in [0, 0.1) is 0 Å². The highest BCUT2D eigenvalue weighted by Crippen LogP contribution is 2.30. The minimum Gasteiger partial charge on any atom is -0.493 e. The second kappa shape index (κ2) is 6.27. The van der Waals surface area contributed by atoms with Gasteiger partial charge in [0.15, 0.2) is 5.75 Å². The molecule has 1 aliphatic heterocycles. The number of carbonyl (C=O) groups is 1. The molecule has 7 nitrogen and oxygen atoms in total. The van der Waals surface area contributed by atoms with Gasteiger partial charge in [0.1, 0.15) is 5.69 Å². The maximum Gasteiger partial charge on any atom is 0.253 e. The third-order valence-corrected chi connectivity index (χ3v) is 4.06. The van der Waals surface area contributed by atoms with E-state index in [0.717, 1.165) is 23.5 Å². The summed E-state index contributed by atoms with van der Waals surface area (Å²) in [5, 5.41) is 6.01. The Balaban J connectivity index is 1.73. The van der Waals surface area contributed by atoms with Gasteiger partial charge in [0.05, 0.1) is 24.6 Å². The number of hydrogen-bond acceptors (Lipinski definition) is 5. The molecule has 1 amide bonds. The average molecular weight is 335 g/mol. The number of H-pyrrole nitrogens is 1. The lowest BCUT2D eigenvalue weighted by Crippen LogP contribution is -2.31. The van der Waals surface area contributed by atoms with Crippen LogP contribution in [0.25, 0.3) is 11.4 Å². The average Bonchev–Trinajstić information content (AvgIpc) is 3.08. The summed E-state index contributed by atoms with van der Waals surface area (Å²) in [4.78, 5) is 24.1. The summed E-state index contributed by atoms with van der Waals surface area (Å²) in [7, 11) is 1.57. The van der Waals surface area contributed by atoms with E-state index in [-0.39, 0.29) is 5.91 Å². The molecule has 3 aromatic rings. The van der Waals surface area contributed by atoms with Crippen LogP contribution in [0.5, 0.6) is 5.75 Å². The molecule has 0 saturated carbocycles. The number of nitrogens with zero attached hydrogens (tertiary/aromatic N) is 2. The summed E-state index contributed by atoms with van der Waals surface area (Å²) < 4.78 is 5.39. The van der Waals surface area contributed by atoms with E-state index in [1.807, 2.05) is 30.3 Å². The van der Waals surface area contributed by atoms with Gasteiger partial charge < -0.3 is 20.4 Å². The molecule has 126 valence electrons. The number of fused-ring (bicyclic) bond motifs is 1. The molecule has 7 heteroatoms. The number of ether oxygens (including phenoxy) is 1. The lowest BCUT2D eigenvalue weighted by molar-refractivity contribution is 0.0946. The zero-order valence-corrected chi connectivity index (χ0v) is 13.7. The van der Waals surface area contributed by atoms with Crippen LogP contribution in [0.4, 0.5) is 11.6 Å². The van der Waals surface area contributed by atoms with E-state index >= 15 is 0 Å². The monoisotopic (exact) mass is 335 g/mol. The first kappa shape index (κ1) is 15.2. The fraction of sp³-hybridized carbons (Fsp3) is 0.167. The summed E-state index contributed by atoms with van der Waals surface area (Å²) in [5.74, 6) is 0.927. The lowest BCUT2D eigenvalue weighted by Gasteiger charge is -2.11. The van der Waals surface area contributed by atoms with E-state index in [0.29, 0.717) is 29.5 Å². The highest BCUT2D eigenvalue weighted by atomic mass is 16.5. The van der Waals surface area contributed by atoms with Crippen LogP contribution >= 0.6 is 0 Å². The molecular formula is C18H17N5O2. The van der Waals surface area contributed by atoms with Gasteiger partial charge in [-0.3, -0.25) is 4.79 Å². The maximum atomic E-state index is 12.0. The molecule has 3 N–H and O–H groups in total. The van der Waals surface area contributed by atoms with Gasteiger partial charge in [0.2, 0.25) is 5.95 Å². The van der Waals surface area contributed by atoms with Crippen molar-refractivity contribution in [2.24, 2.45) is 0 Å². The van der Waals surface area contributed by atoms with Crippen molar-refractivity contribution in [2.45, 2.75) is 6.42 Å². The first-order chi connectivity index (χ1) is 12.2. The van der Waals surface area contributed by atoms with Crippen molar-refractivity contribution in [1.29, 1.82) is 0 Å². The Labute approximate surface area is 144 Å². The van der Waals surface area contributed by atoms with Crippen molar-refractivity contribution in [2.75, 3.05) is 19.0 Å². The van der Waals surface area contributed by atoms with Gasteiger partial charge in [-0.1, -0.05) is 18.2 Å². The van der Waals surface area contributed by atoms with Gasteiger partial charge in [-0.15, -0.1) is 0 Å². The lowest BCUT2D eigenvalue weighted by atomic mass is 10.1. The molecule has 0 spiro atoms.